The van der Waals surface area contributed by atoms with Crippen molar-refractivity contribution in [3.8, 4) is 23.7 Å². The number of ether oxygens (including phenoxy) is 5. The summed E-state index contributed by atoms with van der Waals surface area (Å²) in [6.45, 7) is 6.74. The van der Waals surface area contributed by atoms with Crippen molar-refractivity contribution in [3.63, 3.8) is 0 Å². The number of imide groups is 1. The third-order valence-electron chi connectivity index (χ3n) is 14.2. The van der Waals surface area contributed by atoms with Gasteiger partial charge in [-0.2, -0.15) is 0 Å². The molecule has 7 rings (SSSR count). The van der Waals surface area contributed by atoms with Crippen molar-refractivity contribution < 1.29 is 71.5 Å². The third-order valence-corrected chi connectivity index (χ3v) is 14.2. The van der Waals surface area contributed by atoms with Crippen molar-refractivity contribution in [1.82, 2.24) is 41.0 Å². The number of amides is 7. The fraction of sp³-hybridized carbons (Fsp3) is 0.527. The highest BCUT2D eigenvalue weighted by atomic mass is 19.1. The number of terminal acetylenes is 1. The molecular weight excluding hydrogens is 1050 g/mol. The Morgan fingerprint density at radius 1 is 0.875 bits per heavy atom. The fourth-order valence-electron chi connectivity index (χ4n) is 9.92. The third kappa shape index (κ3) is 14.1. The lowest BCUT2D eigenvalue weighted by Crippen LogP contribution is -2.56. The summed E-state index contributed by atoms with van der Waals surface area (Å²) in [6, 6.07) is -0.0848. The van der Waals surface area contributed by atoms with E-state index in [9.17, 15) is 48.3 Å². The maximum atomic E-state index is 15.4. The maximum Gasteiger partial charge on any atom is 0.356 e. The molecule has 1 aromatic carbocycles. The summed E-state index contributed by atoms with van der Waals surface area (Å²) < 4.78 is 43.9. The van der Waals surface area contributed by atoms with Crippen LogP contribution in [0.25, 0.3) is 22.3 Å². The predicted molar refractivity (Wildman–Crippen MR) is 283 cm³/mol. The molecular formula is C55H68FN9O15. The van der Waals surface area contributed by atoms with Crippen molar-refractivity contribution in [2.75, 3.05) is 79.0 Å². The Bertz CT molecular complexity index is 3010. The van der Waals surface area contributed by atoms with Crippen molar-refractivity contribution in [2.24, 2.45) is 11.7 Å². The number of unbranched alkanes of at least 4 members (excludes halogenated alkanes) is 1. The van der Waals surface area contributed by atoms with Crippen LogP contribution >= 0.6 is 0 Å². The lowest BCUT2D eigenvalue weighted by Gasteiger charge is -2.30. The number of halogens is 1. The molecule has 5 heterocycles. The minimum absolute atomic E-state index is 0.00189. The lowest BCUT2D eigenvalue weighted by molar-refractivity contribution is -0.164. The molecule has 7 amide bonds. The van der Waals surface area contributed by atoms with Crippen LogP contribution in [0.4, 0.5) is 4.39 Å². The standard InChI is InChI=1S/C55H68FN9O15/c1-5-55(75)36-26-41-50-34(29-65(41)53(73)35(36)30-80-54(55)74)48-38(10-9-33-32(4)37(56)27-40(61-50)47(33)48)60-44(68)28-59-51(71)39(8-6-7-15-57)62-52(72)49(31(2)3)63-43(67)14-18-76-20-22-78-24-25-79-23-21-77-19-16-58-42(66)13-17-64-45(69)11-12-46(64)70/h1,11-12,26-27,31,38-39,49,75H,6-10,13-25,28-30,57H2,2-4H3,(H,58,66)(H,59,71)(H,60,68)(H,62,72)(H,63,67)/t38-,39-,49-,55?/m0/s1. The van der Waals surface area contributed by atoms with Gasteiger partial charge in [-0.25, -0.2) is 14.2 Å². The van der Waals surface area contributed by atoms with Gasteiger partial charge in [0.05, 0.1) is 94.5 Å². The largest absolute Gasteiger partial charge is 0.457 e. The average molecular weight is 1110 g/mol. The van der Waals surface area contributed by atoms with E-state index in [0.717, 1.165) is 17.1 Å². The zero-order valence-corrected chi connectivity index (χ0v) is 45.0. The predicted octanol–water partition coefficient (Wildman–Crippen LogP) is -0.388. The molecule has 2 aromatic heterocycles. The summed E-state index contributed by atoms with van der Waals surface area (Å²) in [5.41, 5.74) is 5.58. The van der Waals surface area contributed by atoms with Crippen molar-refractivity contribution >= 4 is 58.2 Å². The van der Waals surface area contributed by atoms with E-state index in [1.165, 1.54) is 16.7 Å². The van der Waals surface area contributed by atoms with Crippen LogP contribution < -0.4 is 37.9 Å². The van der Waals surface area contributed by atoms with Gasteiger partial charge in [-0.1, -0.05) is 19.8 Å². The summed E-state index contributed by atoms with van der Waals surface area (Å²) in [7, 11) is 0. The van der Waals surface area contributed by atoms with Gasteiger partial charge in [0.15, 0.2) is 0 Å². The van der Waals surface area contributed by atoms with E-state index < -0.39 is 89.7 Å². The minimum Gasteiger partial charge on any atom is -0.457 e. The number of pyridine rings is 2. The van der Waals surface area contributed by atoms with Crippen LogP contribution in [0.15, 0.2) is 29.1 Å². The van der Waals surface area contributed by atoms with Gasteiger partial charge in [-0.15, -0.1) is 6.42 Å². The first-order valence-corrected chi connectivity index (χ1v) is 26.7. The highest BCUT2D eigenvalue weighted by Gasteiger charge is 2.46. The van der Waals surface area contributed by atoms with E-state index in [4.69, 9.17) is 40.8 Å². The molecule has 0 spiro atoms. The van der Waals surface area contributed by atoms with Gasteiger partial charge in [-0.05, 0) is 74.2 Å². The number of carbonyl (C=O) groups is 8. The van der Waals surface area contributed by atoms with Crippen LogP contribution in [0.3, 0.4) is 0 Å². The highest BCUT2D eigenvalue weighted by Crippen LogP contribution is 2.45. The minimum atomic E-state index is -2.53. The molecule has 3 aliphatic heterocycles. The molecule has 0 radical (unpaired) electrons. The first kappa shape index (κ1) is 60.2. The number of hydrogen-bond donors (Lipinski definition) is 7. The van der Waals surface area contributed by atoms with Crippen LogP contribution in [-0.4, -0.2) is 158 Å². The SMILES string of the molecule is C#CC1(O)C(=O)OCc2c1cc1n(c2=O)Cc2c-1nc1cc(F)c(C)c3c1c2[C@@H](NC(=O)CNC(=O)[C@H](CCCCN)NC(=O)[C@@H](NC(=O)CCOCCOCCOCCOCCNC(=O)CCN1C(=O)C=CC1=O)C(C)C)CC3. The zero-order chi connectivity index (χ0) is 57.7. The number of benzene rings is 1. The second-order valence-electron chi connectivity index (χ2n) is 19.9. The summed E-state index contributed by atoms with van der Waals surface area (Å²) in [5.74, 6) is -3.39. The lowest BCUT2D eigenvalue weighted by atomic mass is 9.81. The number of fused-ring (bicyclic) bond motifs is 5. The summed E-state index contributed by atoms with van der Waals surface area (Å²) in [4.78, 5) is 122. The van der Waals surface area contributed by atoms with E-state index in [1.54, 1.807) is 20.8 Å². The Morgan fingerprint density at radius 3 is 2.21 bits per heavy atom. The van der Waals surface area contributed by atoms with Gasteiger partial charge in [0.25, 0.3) is 23.0 Å². The number of carbonyl (C=O) groups excluding carboxylic acids is 8. The first-order valence-electron chi connectivity index (χ1n) is 26.7. The molecule has 0 saturated carbocycles. The highest BCUT2D eigenvalue weighted by molar-refractivity contribution is 6.13. The van der Waals surface area contributed by atoms with E-state index in [0.29, 0.717) is 73.1 Å². The smallest absolute Gasteiger partial charge is 0.356 e. The van der Waals surface area contributed by atoms with E-state index >= 15 is 4.39 Å². The maximum absolute atomic E-state index is 15.4. The molecule has 4 aliphatic rings. The molecule has 3 aromatic rings. The van der Waals surface area contributed by atoms with Crippen molar-refractivity contribution in [3.05, 3.63) is 73.8 Å². The fourth-order valence-corrected chi connectivity index (χ4v) is 9.92. The monoisotopic (exact) mass is 1110 g/mol. The number of rotatable bonds is 30. The molecule has 1 aliphatic carbocycles. The van der Waals surface area contributed by atoms with Crippen LogP contribution in [0, 0.1) is 31.0 Å². The Labute approximate surface area is 460 Å². The number of hydrogen-bond acceptors (Lipinski definition) is 17. The quantitative estimate of drug-likeness (QED) is 0.0151. The number of nitrogens with two attached hydrogens (primary N) is 1. The second kappa shape index (κ2) is 27.6. The number of nitrogens with zero attached hydrogens (tertiary/aromatic N) is 3. The molecule has 4 atom stereocenters. The number of aromatic nitrogens is 2. The van der Waals surface area contributed by atoms with Crippen LogP contribution in [-0.2, 0) is 87.2 Å². The molecule has 0 saturated heterocycles. The zero-order valence-electron chi connectivity index (χ0n) is 45.0. The number of aliphatic hydroxyl groups is 1. The Balaban J connectivity index is 0.844. The number of aryl methyl sites for hydroxylation is 1. The normalized spacial score (nSPS) is 17.6. The topological polar surface area (TPSA) is 327 Å². The van der Waals surface area contributed by atoms with Gasteiger partial charge in [0, 0.05) is 60.7 Å². The number of nitrogens with one attached hydrogen (secondary N) is 5. The summed E-state index contributed by atoms with van der Waals surface area (Å²) in [5, 5.41) is 25.6. The second-order valence-corrected chi connectivity index (χ2v) is 19.9. The molecule has 80 heavy (non-hydrogen) atoms. The summed E-state index contributed by atoms with van der Waals surface area (Å²) in [6.07, 6.45) is 9.75. The van der Waals surface area contributed by atoms with Crippen molar-refractivity contribution in [2.45, 2.75) is 103 Å². The van der Waals surface area contributed by atoms with Gasteiger partial charge in [0.2, 0.25) is 29.5 Å². The summed E-state index contributed by atoms with van der Waals surface area (Å²) >= 11 is 0. The molecule has 8 N–H and O–H groups in total. The Morgan fingerprint density at radius 2 is 1.55 bits per heavy atom. The number of esters is 1. The molecule has 1 unspecified atom stereocenters. The molecule has 430 valence electrons. The molecule has 24 nitrogen and oxygen atoms in total. The molecule has 0 fully saturated rings. The average Bonchev–Trinajstić information content (AvgIpc) is 4.06. The Hall–Kier alpha value is -7.47. The number of cyclic esters (lactones) is 1. The first-order chi connectivity index (χ1) is 38.4. The molecule has 25 heteroatoms. The van der Waals surface area contributed by atoms with Gasteiger partial charge < -0.3 is 65.7 Å². The van der Waals surface area contributed by atoms with Crippen LogP contribution in [0.2, 0.25) is 0 Å². The van der Waals surface area contributed by atoms with Gasteiger partial charge in [-0.3, -0.25) is 43.3 Å². The van der Waals surface area contributed by atoms with Crippen molar-refractivity contribution in [1.29, 1.82) is 0 Å². The molecule has 0 bridgehead atoms. The van der Waals surface area contributed by atoms with E-state index in [1.807, 2.05) is 0 Å². The Kier molecular flexibility index (Phi) is 20.8. The van der Waals surface area contributed by atoms with Crippen LogP contribution in [0.5, 0.6) is 0 Å². The van der Waals surface area contributed by atoms with E-state index in [2.05, 4.69) is 32.5 Å². The van der Waals surface area contributed by atoms with Gasteiger partial charge >= 0.3 is 5.97 Å². The van der Waals surface area contributed by atoms with Gasteiger partial charge in [0.1, 0.15) is 24.5 Å². The van der Waals surface area contributed by atoms with Crippen LogP contribution in [0.1, 0.15) is 91.8 Å². The van der Waals surface area contributed by atoms with E-state index in [-0.39, 0.29) is 118 Å².